The van der Waals surface area contributed by atoms with Gasteiger partial charge in [0.1, 0.15) is 11.9 Å². The van der Waals surface area contributed by atoms with Crippen LogP contribution in [0.3, 0.4) is 0 Å². The molecule has 0 aliphatic heterocycles. The van der Waals surface area contributed by atoms with Crippen molar-refractivity contribution < 1.29 is 9.18 Å². The largest absolute Gasteiger partial charge is 0.368 e. The highest BCUT2D eigenvalue weighted by Crippen LogP contribution is 2.30. The summed E-state index contributed by atoms with van der Waals surface area (Å²) in [6.45, 7) is 0.0605. The molecule has 0 aromatic heterocycles. The second-order valence-corrected chi connectivity index (χ2v) is 4.81. The molecule has 1 amide bonds. The molecule has 0 atom stereocenters. The molecule has 1 aromatic rings. The summed E-state index contributed by atoms with van der Waals surface area (Å²) in [5.41, 5.74) is 6.12. The standard InChI is InChI=1S/C14H16FN3O/c15-11-5-6-13(10(7-11)8-16)18(9-14(17)19)12-3-1-2-4-12/h5-7,12H,1-4,9H2,(H2,17,19). The van der Waals surface area contributed by atoms with Gasteiger partial charge >= 0.3 is 0 Å². The van der Waals surface area contributed by atoms with Crippen LogP contribution in [0.2, 0.25) is 0 Å². The van der Waals surface area contributed by atoms with Crippen LogP contribution in [0.25, 0.3) is 0 Å². The zero-order valence-electron chi connectivity index (χ0n) is 10.6. The summed E-state index contributed by atoms with van der Waals surface area (Å²) in [5, 5.41) is 9.11. The zero-order chi connectivity index (χ0) is 13.8. The number of nitrogens with two attached hydrogens (primary N) is 1. The minimum Gasteiger partial charge on any atom is -0.368 e. The number of amides is 1. The topological polar surface area (TPSA) is 70.1 Å². The summed E-state index contributed by atoms with van der Waals surface area (Å²) >= 11 is 0. The molecule has 100 valence electrons. The van der Waals surface area contributed by atoms with Gasteiger partial charge in [0.15, 0.2) is 0 Å². The van der Waals surface area contributed by atoms with Gasteiger partial charge in [0.2, 0.25) is 5.91 Å². The van der Waals surface area contributed by atoms with Crippen molar-refractivity contribution >= 4 is 11.6 Å². The van der Waals surface area contributed by atoms with Crippen molar-refractivity contribution in [3.8, 4) is 6.07 Å². The van der Waals surface area contributed by atoms with Crippen LogP contribution in [0.4, 0.5) is 10.1 Å². The van der Waals surface area contributed by atoms with Crippen molar-refractivity contribution in [2.45, 2.75) is 31.7 Å². The van der Waals surface area contributed by atoms with E-state index in [4.69, 9.17) is 11.0 Å². The molecule has 0 radical (unpaired) electrons. The lowest BCUT2D eigenvalue weighted by atomic mass is 10.1. The van der Waals surface area contributed by atoms with Gasteiger partial charge < -0.3 is 10.6 Å². The first-order valence-electron chi connectivity index (χ1n) is 6.36. The molecular weight excluding hydrogens is 245 g/mol. The number of rotatable bonds is 4. The fourth-order valence-electron chi connectivity index (χ4n) is 2.64. The van der Waals surface area contributed by atoms with Crippen LogP contribution >= 0.6 is 0 Å². The predicted molar refractivity (Wildman–Crippen MR) is 69.9 cm³/mol. The Kier molecular flexibility index (Phi) is 4.00. The number of nitrogens with zero attached hydrogens (tertiary/aromatic N) is 2. The summed E-state index contributed by atoms with van der Waals surface area (Å²) in [7, 11) is 0. The molecule has 1 aliphatic carbocycles. The minimum atomic E-state index is -0.453. The number of halogens is 1. The van der Waals surface area contributed by atoms with E-state index < -0.39 is 11.7 Å². The Morgan fingerprint density at radius 2 is 2.16 bits per heavy atom. The smallest absolute Gasteiger partial charge is 0.236 e. The molecule has 0 spiro atoms. The minimum absolute atomic E-state index is 0.0605. The molecule has 19 heavy (non-hydrogen) atoms. The molecule has 1 aromatic carbocycles. The first kappa shape index (κ1) is 13.3. The molecule has 1 saturated carbocycles. The van der Waals surface area contributed by atoms with Crippen LogP contribution in [0.5, 0.6) is 0 Å². The van der Waals surface area contributed by atoms with E-state index in [1.807, 2.05) is 11.0 Å². The third-order valence-corrected chi connectivity index (χ3v) is 3.48. The van der Waals surface area contributed by atoms with Crippen molar-refractivity contribution in [3.05, 3.63) is 29.6 Å². The number of primary amides is 1. The van der Waals surface area contributed by atoms with Crippen LogP contribution in [-0.4, -0.2) is 18.5 Å². The van der Waals surface area contributed by atoms with Gasteiger partial charge in [0.05, 0.1) is 17.8 Å². The number of hydrogen-bond donors (Lipinski definition) is 1. The predicted octanol–water partition coefficient (Wildman–Crippen LogP) is 1.93. The molecule has 1 aliphatic rings. The molecule has 2 N–H and O–H groups in total. The van der Waals surface area contributed by atoms with E-state index in [0.717, 1.165) is 25.7 Å². The summed E-state index contributed by atoms with van der Waals surface area (Å²) in [6, 6.07) is 6.23. The van der Waals surface area contributed by atoms with E-state index in [9.17, 15) is 9.18 Å². The van der Waals surface area contributed by atoms with Gasteiger partial charge in [-0.3, -0.25) is 4.79 Å². The van der Waals surface area contributed by atoms with E-state index in [1.54, 1.807) is 6.07 Å². The maximum absolute atomic E-state index is 13.2. The molecule has 5 heteroatoms. The Morgan fingerprint density at radius 1 is 1.47 bits per heavy atom. The van der Waals surface area contributed by atoms with Gasteiger partial charge in [-0.2, -0.15) is 5.26 Å². The quantitative estimate of drug-likeness (QED) is 0.900. The van der Waals surface area contributed by atoms with Crippen LogP contribution in [-0.2, 0) is 4.79 Å². The number of carbonyl (C=O) groups excluding carboxylic acids is 1. The maximum atomic E-state index is 13.2. The Labute approximate surface area is 111 Å². The van der Waals surface area contributed by atoms with E-state index in [-0.39, 0.29) is 18.2 Å². The molecule has 4 nitrogen and oxygen atoms in total. The number of benzene rings is 1. The van der Waals surface area contributed by atoms with E-state index >= 15 is 0 Å². The highest BCUT2D eigenvalue weighted by Gasteiger charge is 2.25. The van der Waals surface area contributed by atoms with Crippen molar-refractivity contribution in [1.29, 1.82) is 5.26 Å². The summed E-state index contributed by atoms with van der Waals surface area (Å²) in [5.74, 6) is -0.897. The van der Waals surface area contributed by atoms with Gasteiger partial charge in [0, 0.05) is 6.04 Å². The van der Waals surface area contributed by atoms with Crippen LogP contribution in [0, 0.1) is 17.1 Å². The van der Waals surface area contributed by atoms with Crippen LogP contribution < -0.4 is 10.6 Å². The van der Waals surface area contributed by atoms with Crippen molar-refractivity contribution in [2.75, 3.05) is 11.4 Å². The third-order valence-electron chi connectivity index (χ3n) is 3.48. The summed E-state index contributed by atoms with van der Waals surface area (Å²) < 4.78 is 13.2. The fourth-order valence-corrected chi connectivity index (χ4v) is 2.64. The third kappa shape index (κ3) is 3.02. The van der Waals surface area contributed by atoms with Gasteiger partial charge in [-0.05, 0) is 31.0 Å². The van der Waals surface area contributed by atoms with E-state index in [2.05, 4.69) is 0 Å². The van der Waals surface area contributed by atoms with E-state index in [0.29, 0.717) is 5.69 Å². The fraction of sp³-hybridized carbons (Fsp3) is 0.429. The second-order valence-electron chi connectivity index (χ2n) is 4.81. The molecule has 1 fully saturated rings. The number of nitriles is 1. The zero-order valence-corrected chi connectivity index (χ0v) is 10.6. The molecular formula is C14H16FN3O. The Bertz CT molecular complexity index is 518. The van der Waals surface area contributed by atoms with Gasteiger partial charge in [-0.1, -0.05) is 12.8 Å². The van der Waals surface area contributed by atoms with E-state index in [1.165, 1.54) is 12.1 Å². The number of anilines is 1. The Balaban J connectivity index is 2.37. The lowest BCUT2D eigenvalue weighted by Gasteiger charge is -2.30. The van der Waals surface area contributed by atoms with Crippen molar-refractivity contribution in [1.82, 2.24) is 0 Å². The molecule has 0 heterocycles. The number of hydrogen-bond acceptors (Lipinski definition) is 3. The summed E-state index contributed by atoms with van der Waals surface area (Å²) in [6.07, 6.45) is 4.14. The molecule has 2 rings (SSSR count). The van der Waals surface area contributed by atoms with Crippen LogP contribution in [0.1, 0.15) is 31.2 Å². The van der Waals surface area contributed by atoms with Crippen LogP contribution in [0.15, 0.2) is 18.2 Å². The monoisotopic (exact) mass is 261 g/mol. The second kappa shape index (κ2) is 5.70. The van der Waals surface area contributed by atoms with Gasteiger partial charge in [-0.15, -0.1) is 0 Å². The average molecular weight is 261 g/mol. The van der Waals surface area contributed by atoms with Crippen molar-refractivity contribution in [3.63, 3.8) is 0 Å². The first-order valence-corrected chi connectivity index (χ1v) is 6.36. The molecule has 0 saturated heterocycles. The molecule has 0 bridgehead atoms. The molecule has 0 unspecified atom stereocenters. The van der Waals surface area contributed by atoms with Gasteiger partial charge in [-0.25, -0.2) is 4.39 Å². The average Bonchev–Trinajstić information content (AvgIpc) is 2.89. The van der Waals surface area contributed by atoms with Gasteiger partial charge in [0.25, 0.3) is 0 Å². The lowest BCUT2D eigenvalue weighted by molar-refractivity contribution is -0.116. The van der Waals surface area contributed by atoms with Crippen molar-refractivity contribution in [2.24, 2.45) is 5.73 Å². The first-order chi connectivity index (χ1) is 9.11. The highest BCUT2D eigenvalue weighted by atomic mass is 19.1. The lowest BCUT2D eigenvalue weighted by Crippen LogP contribution is -2.40. The highest BCUT2D eigenvalue weighted by molar-refractivity contribution is 5.80. The number of carbonyl (C=O) groups is 1. The SMILES string of the molecule is N#Cc1cc(F)ccc1N(CC(N)=O)C1CCCC1. The Morgan fingerprint density at radius 3 is 2.74 bits per heavy atom. The maximum Gasteiger partial charge on any atom is 0.236 e. The Hall–Kier alpha value is -2.09. The summed E-state index contributed by atoms with van der Waals surface area (Å²) in [4.78, 5) is 13.1. The normalized spacial score (nSPS) is 15.2.